The number of fused-ring (bicyclic) bond motifs is 1. The van der Waals surface area contributed by atoms with Gasteiger partial charge in [0.05, 0.1) is 5.56 Å². The number of anilines is 1. The zero-order chi connectivity index (χ0) is 24.1. The van der Waals surface area contributed by atoms with Gasteiger partial charge in [-0.3, -0.25) is 19.3 Å². The van der Waals surface area contributed by atoms with Gasteiger partial charge in [-0.25, -0.2) is 4.79 Å². The van der Waals surface area contributed by atoms with E-state index >= 15 is 0 Å². The molecule has 1 spiro atoms. The van der Waals surface area contributed by atoms with Crippen LogP contribution >= 0.6 is 11.3 Å². The molecule has 1 aliphatic heterocycles. The number of urea groups is 1. The van der Waals surface area contributed by atoms with Gasteiger partial charge < -0.3 is 20.7 Å². The number of aryl methyl sites for hydroxylation is 1. The summed E-state index contributed by atoms with van der Waals surface area (Å²) in [6.07, 6.45) is 8.75. The van der Waals surface area contributed by atoms with Gasteiger partial charge in [-0.2, -0.15) is 0 Å². The average molecular weight is 491 g/mol. The molecule has 2 heterocycles. The second-order valence-electron chi connectivity index (χ2n) is 9.35. The molecule has 1 aromatic rings. The Morgan fingerprint density at radius 2 is 1.88 bits per heavy atom. The first-order chi connectivity index (χ1) is 16.4. The van der Waals surface area contributed by atoms with Crippen molar-refractivity contribution in [2.75, 3.05) is 32.1 Å². The summed E-state index contributed by atoms with van der Waals surface area (Å²) in [7, 11) is 1.62. The topological polar surface area (TPSA) is 117 Å². The minimum atomic E-state index is -0.785. The number of nitrogens with zero attached hydrogens (tertiary/aromatic N) is 1. The summed E-state index contributed by atoms with van der Waals surface area (Å²) in [6, 6.07) is -0.414. The Morgan fingerprint density at radius 1 is 1.12 bits per heavy atom. The molecule has 9 nitrogen and oxygen atoms in total. The number of carbonyl (C=O) groups is 4. The third-order valence-electron chi connectivity index (χ3n) is 6.98. The zero-order valence-corrected chi connectivity index (χ0v) is 20.6. The molecule has 2 aliphatic carbocycles. The van der Waals surface area contributed by atoms with Crippen LogP contribution in [0.5, 0.6) is 0 Å². The summed E-state index contributed by atoms with van der Waals surface area (Å²) in [5.74, 6) is -0.705. The lowest BCUT2D eigenvalue weighted by atomic mass is 9.82. The normalized spacial score (nSPS) is 19.1. The second-order valence-corrected chi connectivity index (χ2v) is 10.5. The number of rotatable bonds is 9. The van der Waals surface area contributed by atoms with Gasteiger partial charge in [-0.15, -0.1) is 11.3 Å². The van der Waals surface area contributed by atoms with Crippen LogP contribution in [0.2, 0.25) is 0 Å². The van der Waals surface area contributed by atoms with E-state index in [9.17, 15) is 19.2 Å². The predicted octanol–water partition coefficient (Wildman–Crippen LogP) is 2.98. The van der Waals surface area contributed by atoms with Crippen LogP contribution in [0.1, 0.15) is 78.6 Å². The highest BCUT2D eigenvalue weighted by Crippen LogP contribution is 2.38. The van der Waals surface area contributed by atoms with Gasteiger partial charge in [0.15, 0.2) is 0 Å². The lowest BCUT2D eigenvalue weighted by Gasteiger charge is -2.30. The molecular weight excluding hydrogens is 456 g/mol. The van der Waals surface area contributed by atoms with Crippen LogP contribution in [-0.4, -0.2) is 61.0 Å². The van der Waals surface area contributed by atoms with Gasteiger partial charge in [0, 0.05) is 38.1 Å². The number of carbonyl (C=O) groups excluding carboxylic acids is 4. The Kier molecular flexibility index (Phi) is 7.88. The second kappa shape index (κ2) is 10.9. The van der Waals surface area contributed by atoms with Gasteiger partial charge in [-0.1, -0.05) is 19.3 Å². The van der Waals surface area contributed by atoms with Crippen LogP contribution in [0.3, 0.4) is 0 Å². The van der Waals surface area contributed by atoms with E-state index in [2.05, 4.69) is 16.0 Å². The maximum atomic E-state index is 13.0. The third kappa shape index (κ3) is 5.12. The smallest absolute Gasteiger partial charge is 0.325 e. The van der Waals surface area contributed by atoms with Gasteiger partial charge in [0.1, 0.15) is 10.5 Å². The number of hydrogen-bond acceptors (Lipinski definition) is 6. The van der Waals surface area contributed by atoms with Gasteiger partial charge in [0.25, 0.3) is 11.8 Å². The molecule has 0 unspecified atom stereocenters. The van der Waals surface area contributed by atoms with E-state index in [0.717, 1.165) is 55.4 Å². The third-order valence-corrected chi connectivity index (χ3v) is 8.18. The number of methoxy groups -OCH3 is 1. The van der Waals surface area contributed by atoms with E-state index in [1.807, 2.05) is 0 Å². The van der Waals surface area contributed by atoms with E-state index in [0.29, 0.717) is 43.0 Å². The number of amides is 5. The molecule has 0 radical (unpaired) electrons. The monoisotopic (exact) mass is 490 g/mol. The van der Waals surface area contributed by atoms with Crippen molar-refractivity contribution < 1.29 is 23.9 Å². The van der Waals surface area contributed by atoms with Gasteiger partial charge >= 0.3 is 6.03 Å². The molecule has 4 rings (SSSR count). The number of ether oxygens (including phenoxy) is 1. The lowest BCUT2D eigenvalue weighted by molar-refractivity contribution is -0.132. The highest BCUT2D eigenvalue weighted by molar-refractivity contribution is 7.17. The van der Waals surface area contributed by atoms with Crippen molar-refractivity contribution in [2.24, 2.45) is 0 Å². The molecule has 186 valence electrons. The summed E-state index contributed by atoms with van der Waals surface area (Å²) < 4.78 is 5.04. The lowest BCUT2D eigenvalue weighted by Crippen LogP contribution is -2.48. The van der Waals surface area contributed by atoms with Crippen molar-refractivity contribution in [3.63, 3.8) is 0 Å². The Morgan fingerprint density at radius 3 is 2.65 bits per heavy atom. The first-order valence-corrected chi connectivity index (χ1v) is 13.1. The Bertz CT molecular complexity index is 953. The van der Waals surface area contributed by atoms with Crippen LogP contribution in [0.25, 0.3) is 0 Å². The molecule has 0 atom stereocenters. The molecule has 10 heteroatoms. The highest BCUT2D eigenvalue weighted by Gasteiger charge is 2.51. The molecule has 0 aromatic carbocycles. The largest absolute Gasteiger partial charge is 0.385 e. The van der Waals surface area contributed by atoms with Crippen molar-refractivity contribution in [2.45, 2.75) is 76.2 Å². The van der Waals surface area contributed by atoms with Gasteiger partial charge in [-0.05, 0) is 50.5 Å². The van der Waals surface area contributed by atoms with E-state index in [4.69, 9.17) is 4.74 Å². The standard InChI is InChI=1S/C24H34N4O5S/c1-33-15-7-13-25-20(30)19-16-8-3-4-9-17(16)34-21(19)26-18(29)10-14-28-22(31)24(27-23(28)32)11-5-2-6-12-24/h2-15H2,1H3,(H,25,30)(H,26,29)(H,27,32). The summed E-state index contributed by atoms with van der Waals surface area (Å²) in [6.45, 7) is 1.09. The molecule has 0 bridgehead atoms. The van der Waals surface area contributed by atoms with Crippen molar-refractivity contribution in [1.29, 1.82) is 0 Å². The van der Waals surface area contributed by atoms with E-state index < -0.39 is 11.6 Å². The van der Waals surface area contributed by atoms with E-state index in [1.54, 1.807) is 7.11 Å². The number of hydrogen-bond donors (Lipinski definition) is 3. The SMILES string of the molecule is COCCCNC(=O)c1c(NC(=O)CCN2C(=O)NC3(CCCCC3)C2=O)sc2c1CCCC2. The number of nitrogens with one attached hydrogen (secondary N) is 3. The molecular formula is C24H34N4O5S. The fourth-order valence-electron chi connectivity index (χ4n) is 5.18. The summed E-state index contributed by atoms with van der Waals surface area (Å²) in [5, 5.41) is 9.27. The summed E-state index contributed by atoms with van der Waals surface area (Å²) in [4.78, 5) is 53.5. The maximum absolute atomic E-state index is 13.0. The maximum Gasteiger partial charge on any atom is 0.325 e. The molecule has 1 saturated carbocycles. The fraction of sp³-hybridized carbons (Fsp3) is 0.667. The van der Waals surface area contributed by atoms with Crippen LogP contribution in [0.4, 0.5) is 9.80 Å². The highest BCUT2D eigenvalue weighted by atomic mass is 32.1. The molecule has 34 heavy (non-hydrogen) atoms. The first-order valence-electron chi connectivity index (χ1n) is 12.3. The van der Waals surface area contributed by atoms with Crippen LogP contribution in [0.15, 0.2) is 0 Å². The van der Waals surface area contributed by atoms with Crippen LogP contribution in [-0.2, 0) is 27.2 Å². The summed E-state index contributed by atoms with van der Waals surface area (Å²) in [5.41, 5.74) is 0.804. The van der Waals surface area contributed by atoms with Crippen molar-refractivity contribution >= 4 is 40.1 Å². The molecule has 1 aromatic heterocycles. The number of imide groups is 1. The molecule has 1 saturated heterocycles. The number of thiophene rings is 1. The van der Waals surface area contributed by atoms with Crippen LogP contribution in [0, 0.1) is 0 Å². The minimum absolute atomic E-state index is 0.00724. The van der Waals surface area contributed by atoms with Crippen molar-refractivity contribution in [3.05, 3.63) is 16.0 Å². The Hall–Kier alpha value is -2.46. The first kappa shape index (κ1) is 24.7. The average Bonchev–Trinajstić information content (AvgIpc) is 3.30. The molecule has 3 N–H and O–H groups in total. The zero-order valence-electron chi connectivity index (χ0n) is 19.8. The molecule has 2 fully saturated rings. The minimum Gasteiger partial charge on any atom is -0.385 e. The summed E-state index contributed by atoms with van der Waals surface area (Å²) >= 11 is 1.46. The Balaban J connectivity index is 1.40. The fourth-order valence-corrected chi connectivity index (χ4v) is 6.48. The molecule has 5 amide bonds. The van der Waals surface area contributed by atoms with Crippen LogP contribution < -0.4 is 16.0 Å². The van der Waals surface area contributed by atoms with Crippen molar-refractivity contribution in [1.82, 2.24) is 15.5 Å². The Labute approximate surface area is 204 Å². The van der Waals surface area contributed by atoms with Crippen molar-refractivity contribution in [3.8, 4) is 0 Å². The van der Waals surface area contributed by atoms with E-state index in [-0.39, 0.29) is 30.7 Å². The quantitative estimate of drug-likeness (QED) is 0.363. The van der Waals surface area contributed by atoms with Gasteiger partial charge in [0.2, 0.25) is 5.91 Å². The predicted molar refractivity (Wildman–Crippen MR) is 129 cm³/mol. The molecule has 3 aliphatic rings. The van der Waals surface area contributed by atoms with E-state index in [1.165, 1.54) is 16.2 Å².